The molecule has 0 aromatic heterocycles. The number of amides is 2. The van der Waals surface area contributed by atoms with Gasteiger partial charge in [0.05, 0.1) is 19.1 Å². The monoisotopic (exact) mass is 575 g/mol. The van der Waals surface area contributed by atoms with E-state index in [0.717, 1.165) is 11.8 Å². The molecule has 3 rings (SSSR count). The van der Waals surface area contributed by atoms with Crippen LogP contribution in [0.2, 0.25) is 0 Å². The van der Waals surface area contributed by atoms with Crippen LogP contribution in [0.4, 0.5) is 5.69 Å². The first kappa shape index (κ1) is 31.1. The molecule has 10 nitrogen and oxygen atoms in total. The van der Waals surface area contributed by atoms with Gasteiger partial charge in [-0.15, -0.1) is 0 Å². The van der Waals surface area contributed by atoms with Crippen LogP contribution in [0, 0.1) is 0 Å². The van der Waals surface area contributed by atoms with Gasteiger partial charge in [0.25, 0.3) is 0 Å². The molecule has 1 heterocycles. The Labute approximate surface area is 237 Å². The third-order valence-electron chi connectivity index (χ3n) is 6.36. The summed E-state index contributed by atoms with van der Waals surface area (Å²) in [5.41, 5.74) is 0.828. The molecule has 0 fully saturated rings. The largest absolute Gasteiger partial charge is 0.497 e. The van der Waals surface area contributed by atoms with Gasteiger partial charge < -0.3 is 24.4 Å². The summed E-state index contributed by atoms with van der Waals surface area (Å²) in [5, 5.41) is 2.99. The fourth-order valence-electron chi connectivity index (χ4n) is 4.49. The Morgan fingerprint density at radius 1 is 1.05 bits per heavy atom. The van der Waals surface area contributed by atoms with Gasteiger partial charge in [0.2, 0.25) is 21.8 Å². The fourth-order valence-corrected chi connectivity index (χ4v) is 5.45. The Hall–Kier alpha value is -3.47. The summed E-state index contributed by atoms with van der Waals surface area (Å²) in [4.78, 5) is 28.4. The second-order valence-corrected chi connectivity index (χ2v) is 12.7. The van der Waals surface area contributed by atoms with Gasteiger partial charge in [0, 0.05) is 31.1 Å². The fraction of sp³-hybridized carbons (Fsp3) is 0.517. The van der Waals surface area contributed by atoms with Crippen molar-refractivity contribution in [3.63, 3.8) is 0 Å². The van der Waals surface area contributed by atoms with E-state index in [1.54, 1.807) is 30.2 Å². The first-order valence-corrected chi connectivity index (χ1v) is 15.3. The maximum atomic E-state index is 13.6. The average molecular weight is 576 g/mol. The number of methoxy groups -OCH3 is 1. The molecule has 1 aliphatic rings. The molecule has 0 unspecified atom stereocenters. The first-order valence-electron chi connectivity index (χ1n) is 13.4. The average Bonchev–Trinajstić information content (AvgIpc) is 2.89. The van der Waals surface area contributed by atoms with Crippen LogP contribution in [-0.2, 0) is 26.2 Å². The zero-order valence-electron chi connectivity index (χ0n) is 24.2. The molecule has 0 bridgehead atoms. The number of benzene rings is 2. The maximum absolute atomic E-state index is 13.6. The predicted octanol–water partition coefficient (Wildman–Crippen LogP) is 3.73. The highest BCUT2D eigenvalue weighted by Gasteiger charge is 2.31. The zero-order chi connectivity index (χ0) is 29.5. The maximum Gasteiger partial charge on any atom is 0.243 e. The van der Waals surface area contributed by atoms with E-state index in [9.17, 15) is 18.0 Å². The Kier molecular flexibility index (Phi) is 10.3. The van der Waals surface area contributed by atoms with E-state index in [4.69, 9.17) is 14.2 Å². The highest BCUT2D eigenvalue weighted by Crippen LogP contribution is 2.34. The summed E-state index contributed by atoms with van der Waals surface area (Å²) in [7, 11) is -2.05. The van der Waals surface area contributed by atoms with Crippen molar-refractivity contribution in [2.45, 2.75) is 65.1 Å². The molecule has 2 aromatic rings. The number of anilines is 1. The van der Waals surface area contributed by atoms with Crippen molar-refractivity contribution in [3.8, 4) is 17.2 Å². The Balaban J connectivity index is 1.78. The number of nitrogens with zero attached hydrogens (tertiary/aromatic N) is 2. The van der Waals surface area contributed by atoms with Crippen LogP contribution in [0.1, 0.15) is 52.5 Å². The SMILES string of the molecule is CC[C@@H](C(=O)NC(C)(C)C)N(Cc1ccc(OC)cc1)C(=O)CCCN(c1ccc2c(c1)OCCO2)S(C)(=O)=O. The Morgan fingerprint density at radius 2 is 1.70 bits per heavy atom. The second-order valence-electron chi connectivity index (χ2n) is 10.8. The van der Waals surface area contributed by atoms with Crippen LogP contribution < -0.4 is 23.8 Å². The third-order valence-corrected chi connectivity index (χ3v) is 7.56. The number of rotatable bonds is 12. The number of hydrogen-bond acceptors (Lipinski definition) is 7. The standard InChI is InChI=1S/C29H41N3O7S/c1-7-24(28(34)30-29(2,3)4)31(20-21-10-13-23(37-5)14-11-21)27(33)9-8-16-32(40(6,35)36)22-12-15-25-26(19-22)39-18-17-38-25/h10-15,19,24H,7-9,16-18,20H2,1-6H3,(H,30,34)/t24-/m0/s1. The normalized spacial score (nSPS) is 13.8. The van der Waals surface area contributed by atoms with Crippen molar-refractivity contribution >= 4 is 27.5 Å². The van der Waals surface area contributed by atoms with Crippen LogP contribution in [0.25, 0.3) is 0 Å². The van der Waals surface area contributed by atoms with Gasteiger partial charge in [-0.05, 0) is 63.4 Å². The Morgan fingerprint density at radius 3 is 2.27 bits per heavy atom. The molecule has 1 aliphatic heterocycles. The van der Waals surface area contributed by atoms with Gasteiger partial charge in [-0.3, -0.25) is 13.9 Å². The topological polar surface area (TPSA) is 114 Å². The number of carbonyl (C=O) groups excluding carboxylic acids is 2. The summed E-state index contributed by atoms with van der Waals surface area (Å²) >= 11 is 0. The number of nitrogens with one attached hydrogen (secondary N) is 1. The lowest BCUT2D eigenvalue weighted by Crippen LogP contribution is -2.53. The summed E-state index contributed by atoms with van der Waals surface area (Å²) in [6, 6.07) is 11.6. The van der Waals surface area contributed by atoms with Crippen molar-refractivity contribution in [2.75, 3.05) is 37.4 Å². The number of hydrogen-bond donors (Lipinski definition) is 1. The van der Waals surface area contributed by atoms with E-state index < -0.39 is 21.6 Å². The summed E-state index contributed by atoms with van der Waals surface area (Å²) in [6.07, 6.45) is 1.88. The molecule has 40 heavy (non-hydrogen) atoms. The Bertz CT molecular complexity index is 1270. The molecule has 2 aromatic carbocycles. The lowest BCUT2D eigenvalue weighted by Gasteiger charge is -2.33. The number of fused-ring (bicyclic) bond motifs is 1. The smallest absolute Gasteiger partial charge is 0.243 e. The van der Waals surface area contributed by atoms with Crippen molar-refractivity contribution in [1.82, 2.24) is 10.2 Å². The lowest BCUT2D eigenvalue weighted by atomic mass is 10.0. The van der Waals surface area contributed by atoms with Crippen molar-refractivity contribution in [3.05, 3.63) is 48.0 Å². The summed E-state index contributed by atoms with van der Waals surface area (Å²) in [5.74, 6) is 1.27. The van der Waals surface area contributed by atoms with Crippen LogP contribution >= 0.6 is 0 Å². The molecule has 0 radical (unpaired) electrons. The van der Waals surface area contributed by atoms with Gasteiger partial charge in [-0.2, -0.15) is 0 Å². The molecular formula is C29H41N3O7S. The van der Waals surface area contributed by atoms with Crippen LogP contribution in [0.3, 0.4) is 0 Å². The van der Waals surface area contributed by atoms with E-state index in [2.05, 4.69) is 5.32 Å². The minimum absolute atomic E-state index is 0.0615. The van der Waals surface area contributed by atoms with Crippen molar-refractivity contribution < 1.29 is 32.2 Å². The number of carbonyl (C=O) groups is 2. The highest BCUT2D eigenvalue weighted by molar-refractivity contribution is 7.92. The number of ether oxygens (including phenoxy) is 3. The van der Waals surface area contributed by atoms with Gasteiger partial charge >= 0.3 is 0 Å². The molecule has 0 spiro atoms. The van der Waals surface area contributed by atoms with Crippen LogP contribution in [0.5, 0.6) is 17.2 Å². The first-order chi connectivity index (χ1) is 18.8. The van der Waals surface area contributed by atoms with Gasteiger partial charge in [-0.25, -0.2) is 8.42 Å². The van der Waals surface area contributed by atoms with Gasteiger partial charge in [0.15, 0.2) is 11.5 Å². The molecule has 220 valence electrons. The van der Waals surface area contributed by atoms with E-state index in [-0.39, 0.29) is 37.7 Å². The molecule has 1 atom stereocenters. The zero-order valence-corrected chi connectivity index (χ0v) is 25.0. The second kappa shape index (κ2) is 13.3. The molecular weight excluding hydrogens is 534 g/mol. The lowest BCUT2D eigenvalue weighted by molar-refractivity contribution is -0.142. The highest BCUT2D eigenvalue weighted by atomic mass is 32.2. The molecule has 1 N–H and O–H groups in total. The van der Waals surface area contributed by atoms with E-state index in [0.29, 0.717) is 42.6 Å². The van der Waals surface area contributed by atoms with Gasteiger partial charge in [0.1, 0.15) is 25.0 Å². The third kappa shape index (κ3) is 8.51. The number of sulfonamides is 1. The minimum Gasteiger partial charge on any atom is -0.497 e. The van der Waals surface area contributed by atoms with Crippen molar-refractivity contribution in [2.24, 2.45) is 0 Å². The summed E-state index contributed by atoms with van der Waals surface area (Å²) in [6.45, 7) is 8.69. The van der Waals surface area contributed by atoms with E-state index in [1.165, 1.54) is 4.31 Å². The van der Waals surface area contributed by atoms with Crippen LogP contribution in [0.15, 0.2) is 42.5 Å². The molecule has 0 aliphatic carbocycles. The van der Waals surface area contributed by atoms with Crippen LogP contribution in [-0.4, -0.2) is 69.8 Å². The molecule has 0 saturated heterocycles. The van der Waals surface area contributed by atoms with E-state index in [1.807, 2.05) is 52.0 Å². The van der Waals surface area contributed by atoms with Gasteiger partial charge in [-0.1, -0.05) is 19.1 Å². The molecule has 11 heteroatoms. The quantitative estimate of drug-likeness (QED) is 0.410. The van der Waals surface area contributed by atoms with E-state index >= 15 is 0 Å². The molecule has 2 amide bonds. The summed E-state index contributed by atoms with van der Waals surface area (Å²) < 4.78 is 43.0. The van der Waals surface area contributed by atoms with Crippen molar-refractivity contribution in [1.29, 1.82) is 0 Å². The predicted molar refractivity (Wildman–Crippen MR) is 154 cm³/mol. The molecule has 0 saturated carbocycles. The minimum atomic E-state index is -3.64.